The maximum Gasteiger partial charge on any atom is 0.141 e. The van der Waals surface area contributed by atoms with Gasteiger partial charge in [-0.25, -0.2) is 0 Å². The van der Waals surface area contributed by atoms with Crippen LogP contribution in [0.25, 0.3) is 0 Å². The molecule has 2 aromatic rings. The predicted octanol–water partition coefficient (Wildman–Crippen LogP) is 4.00. The summed E-state index contributed by atoms with van der Waals surface area (Å²) in [6.45, 7) is 1.76. The second kappa shape index (κ2) is 4.09. The summed E-state index contributed by atoms with van der Waals surface area (Å²) < 4.78 is 5.84. The molecule has 0 aromatic heterocycles. The van der Waals surface area contributed by atoms with Crippen LogP contribution in [-0.4, -0.2) is 5.11 Å². The van der Waals surface area contributed by atoms with Crippen LogP contribution < -0.4 is 4.74 Å². The van der Waals surface area contributed by atoms with Crippen molar-refractivity contribution in [3.63, 3.8) is 0 Å². The first-order valence-electron chi connectivity index (χ1n) is 5.51. The summed E-state index contributed by atoms with van der Waals surface area (Å²) in [6.07, 6.45) is -0.467. The lowest BCUT2D eigenvalue weighted by molar-refractivity contribution is 0.199. The number of benzene rings is 2. The first-order chi connectivity index (χ1) is 8.24. The first-order valence-corrected chi connectivity index (χ1v) is 6.32. The summed E-state index contributed by atoms with van der Waals surface area (Å²) in [5.41, 5.74) is 0.878. The Morgan fingerprint density at radius 1 is 1.06 bits per heavy atom. The van der Waals surface area contributed by atoms with Crippen molar-refractivity contribution in [2.45, 2.75) is 22.8 Å². The van der Waals surface area contributed by atoms with Crippen molar-refractivity contribution in [3.05, 3.63) is 48.0 Å². The normalized spacial score (nSPS) is 14.5. The lowest BCUT2D eigenvalue weighted by atomic mass is 10.1. The largest absolute Gasteiger partial charge is 0.455 e. The van der Waals surface area contributed by atoms with Gasteiger partial charge in [0.2, 0.25) is 0 Å². The van der Waals surface area contributed by atoms with Gasteiger partial charge >= 0.3 is 0 Å². The molecule has 0 fully saturated rings. The number of rotatable bonds is 1. The lowest BCUT2D eigenvalue weighted by Crippen LogP contribution is -1.97. The van der Waals surface area contributed by atoms with Crippen LogP contribution in [0.1, 0.15) is 18.6 Å². The molecule has 0 saturated heterocycles. The van der Waals surface area contributed by atoms with E-state index in [2.05, 4.69) is 0 Å². The summed E-state index contributed by atoms with van der Waals surface area (Å²) in [5, 5.41) is 9.56. The lowest BCUT2D eigenvalue weighted by Gasteiger charge is -2.20. The van der Waals surface area contributed by atoms with Crippen LogP contribution in [-0.2, 0) is 0 Å². The standard InChI is InChI=1S/C14H12O2S/c1-9(15)10-6-7-14-12(8-10)16-11-4-2-3-5-13(11)17-14/h2-9,15H,1H3. The van der Waals surface area contributed by atoms with Crippen molar-refractivity contribution in [1.82, 2.24) is 0 Å². The maximum absolute atomic E-state index is 9.56. The van der Waals surface area contributed by atoms with Crippen LogP contribution in [0.3, 0.4) is 0 Å². The van der Waals surface area contributed by atoms with Crippen LogP contribution in [0.4, 0.5) is 0 Å². The van der Waals surface area contributed by atoms with Gasteiger partial charge in [0.1, 0.15) is 11.5 Å². The smallest absolute Gasteiger partial charge is 0.141 e. The molecule has 0 aliphatic carbocycles. The minimum absolute atomic E-state index is 0.467. The molecule has 1 N–H and O–H groups in total. The highest BCUT2D eigenvalue weighted by molar-refractivity contribution is 7.99. The number of ether oxygens (including phenoxy) is 1. The Hall–Kier alpha value is -1.45. The van der Waals surface area contributed by atoms with E-state index in [1.165, 1.54) is 0 Å². The zero-order valence-corrected chi connectivity index (χ0v) is 10.2. The Morgan fingerprint density at radius 2 is 1.82 bits per heavy atom. The van der Waals surface area contributed by atoms with Gasteiger partial charge in [-0.1, -0.05) is 30.0 Å². The molecule has 3 rings (SSSR count). The number of hydrogen-bond donors (Lipinski definition) is 1. The molecule has 86 valence electrons. The monoisotopic (exact) mass is 244 g/mol. The van der Waals surface area contributed by atoms with Gasteiger partial charge in [-0.15, -0.1) is 0 Å². The molecule has 1 heterocycles. The molecule has 1 aliphatic rings. The van der Waals surface area contributed by atoms with Gasteiger partial charge in [-0.2, -0.15) is 0 Å². The minimum Gasteiger partial charge on any atom is -0.455 e. The van der Waals surface area contributed by atoms with Crippen molar-refractivity contribution in [3.8, 4) is 11.5 Å². The van der Waals surface area contributed by atoms with Crippen molar-refractivity contribution in [2.75, 3.05) is 0 Å². The van der Waals surface area contributed by atoms with Gasteiger partial charge in [-0.05, 0) is 36.8 Å². The average molecular weight is 244 g/mol. The van der Waals surface area contributed by atoms with Gasteiger partial charge in [0, 0.05) is 0 Å². The Morgan fingerprint density at radius 3 is 2.65 bits per heavy atom. The van der Waals surface area contributed by atoms with Crippen molar-refractivity contribution < 1.29 is 9.84 Å². The third kappa shape index (κ3) is 1.92. The number of hydrogen-bond acceptors (Lipinski definition) is 3. The number of para-hydroxylation sites is 1. The molecule has 0 spiro atoms. The quantitative estimate of drug-likeness (QED) is 0.701. The topological polar surface area (TPSA) is 29.5 Å². The summed E-state index contributed by atoms with van der Waals surface area (Å²) in [4.78, 5) is 2.22. The fourth-order valence-corrected chi connectivity index (χ4v) is 2.74. The van der Waals surface area contributed by atoms with E-state index >= 15 is 0 Å². The van der Waals surface area contributed by atoms with E-state index in [0.717, 1.165) is 26.9 Å². The Bertz CT molecular complexity index is 564. The van der Waals surface area contributed by atoms with Crippen molar-refractivity contribution >= 4 is 11.8 Å². The molecule has 0 radical (unpaired) electrons. The second-order valence-corrected chi connectivity index (χ2v) is 5.12. The molecule has 0 bridgehead atoms. The van der Waals surface area contributed by atoms with Crippen molar-refractivity contribution in [1.29, 1.82) is 0 Å². The third-order valence-corrected chi connectivity index (χ3v) is 3.85. The fourth-order valence-electron chi connectivity index (χ4n) is 1.80. The second-order valence-electron chi connectivity index (χ2n) is 4.03. The van der Waals surface area contributed by atoms with E-state index in [1.54, 1.807) is 18.7 Å². The van der Waals surface area contributed by atoms with E-state index in [0.29, 0.717) is 0 Å². The summed E-state index contributed by atoms with van der Waals surface area (Å²) in [6, 6.07) is 13.8. The van der Waals surface area contributed by atoms with E-state index in [4.69, 9.17) is 4.74 Å². The number of fused-ring (bicyclic) bond motifs is 2. The molecular weight excluding hydrogens is 232 g/mol. The molecular formula is C14H12O2S. The van der Waals surface area contributed by atoms with Crippen molar-refractivity contribution in [2.24, 2.45) is 0 Å². The molecule has 3 heteroatoms. The highest BCUT2D eigenvalue weighted by Gasteiger charge is 2.18. The summed E-state index contributed by atoms with van der Waals surface area (Å²) in [7, 11) is 0. The van der Waals surface area contributed by atoms with Crippen LogP contribution in [0, 0.1) is 0 Å². The molecule has 17 heavy (non-hydrogen) atoms. The summed E-state index contributed by atoms with van der Waals surface area (Å²) >= 11 is 1.70. The molecule has 0 saturated carbocycles. The molecule has 2 aromatic carbocycles. The number of aliphatic hydroxyl groups excluding tert-OH is 1. The predicted molar refractivity (Wildman–Crippen MR) is 67.7 cm³/mol. The van der Waals surface area contributed by atoms with Gasteiger partial charge < -0.3 is 9.84 Å². The van der Waals surface area contributed by atoms with Crippen LogP contribution in [0.15, 0.2) is 52.3 Å². The SMILES string of the molecule is CC(O)c1ccc2c(c1)Oc1ccccc1S2. The molecule has 2 nitrogen and oxygen atoms in total. The minimum atomic E-state index is -0.467. The Kier molecular flexibility index (Phi) is 2.57. The highest BCUT2D eigenvalue weighted by Crippen LogP contribution is 2.47. The zero-order chi connectivity index (χ0) is 11.8. The fraction of sp³-hybridized carbons (Fsp3) is 0.143. The zero-order valence-electron chi connectivity index (χ0n) is 9.38. The van der Waals surface area contributed by atoms with Gasteiger partial charge in [-0.3, -0.25) is 0 Å². The van der Waals surface area contributed by atoms with Crippen LogP contribution in [0.5, 0.6) is 11.5 Å². The van der Waals surface area contributed by atoms with Gasteiger partial charge in [0.15, 0.2) is 0 Å². The Balaban J connectivity index is 2.03. The molecule has 1 unspecified atom stereocenters. The van der Waals surface area contributed by atoms with E-state index in [9.17, 15) is 5.11 Å². The highest BCUT2D eigenvalue weighted by atomic mass is 32.2. The molecule has 1 aliphatic heterocycles. The van der Waals surface area contributed by atoms with E-state index < -0.39 is 6.10 Å². The first kappa shape index (κ1) is 10.7. The maximum atomic E-state index is 9.56. The van der Waals surface area contributed by atoms with E-state index in [1.807, 2.05) is 42.5 Å². The van der Waals surface area contributed by atoms with E-state index in [-0.39, 0.29) is 0 Å². The van der Waals surface area contributed by atoms with Gasteiger partial charge in [0.25, 0.3) is 0 Å². The van der Waals surface area contributed by atoms with Gasteiger partial charge in [0.05, 0.1) is 15.9 Å². The Labute approximate surface area is 104 Å². The van der Waals surface area contributed by atoms with Crippen LogP contribution in [0.2, 0.25) is 0 Å². The molecule has 0 amide bonds. The number of aliphatic hydroxyl groups is 1. The third-order valence-electron chi connectivity index (χ3n) is 2.74. The van der Waals surface area contributed by atoms with Crippen LogP contribution >= 0.6 is 11.8 Å². The summed E-state index contributed by atoms with van der Waals surface area (Å²) in [5.74, 6) is 1.71. The average Bonchev–Trinajstić information content (AvgIpc) is 2.35. The molecule has 1 atom stereocenters.